The molecule has 112 valence electrons. The molecule has 0 aromatic heterocycles. The molecule has 2 aromatic rings. The minimum atomic E-state index is -0.419. The smallest absolute Gasteiger partial charge is 0.132 e. The Morgan fingerprint density at radius 2 is 1.90 bits per heavy atom. The molecule has 1 atom stereocenters. The van der Waals surface area contributed by atoms with Gasteiger partial charge in [0.1, 0.15) is 17.3 Å². The van der Waals surface area contributed by atoms with E-state index in [0.717, 1.165) is 23.9 Å². The fourth-order valence-electron chi connectivity index (χ4n) is 2.06. The average Bonchev–Trinajstić information content (AvgIpc) is 2.46. The fraction of sp³-hybridized carbons (Fsp3) is 0.294. The van der Waals surface area contributed by atoms with Crippen molar-refractivity contribution in [1.29, 1.82) is 0 Å². The molecule has 0 spiro atoms. The van der Waals surface area contributed by atoms with Crippen molar-refractivity contribution >= 4 is 5.69 Å². The molecule has 2 aromatic carbocycles. The van der Waals surface area contributed by atoms with Gasteiger partial charge in [0.15, 0.2) is 0 Å². The molecule has 3 nitrogen and oxygen atoms in total. The Morgan fingerprint density at radius 3 is 2.52 bits per heavy atom. The molecule has 1 unspecified atom stereocenters. The number of benzene rings is 2. The first-order valence-corrected chi connectivity index (χ1v) is 7.08. The van der Waals surface area contributed by atoms with Crippen LogP contribution in [0, 0.1) is 5.82 Å². The maximum absolute atomic E-state index is 13.8. The highest BCUT2D eigenvalue weighted by Gasteiger charge is 2.11. The van der Waals surface area contributed by atoms with Crippen molar-refractivity contribution in [3.05, 3.63) is 53.8 Å². The zero-order chi connectivity index (χ0) is 15.2. The zero-order valence-electron chi connectivity index (χ0n) is 12.3. The van der Waals surface area contributed by atoms with Crippen molar-refractivity contribution in [1.82, 2.24) is 0 Å². The van der Waals surface area contributed by atoms with Gasteiger partial charge in [-0.05, 0) is 43.7 Å². The summed E-state index contributed by atoms with van der Waals surface area (Å²) in [7, 11) is 0. The third-order valence-electron chi connectivity index (χ3n) is 3.16. The van der Waals surface area contributed by atoms with Gasteiger partial charge in [-0.15, -0.1) is 0 Å². The lowest BCUT2D eigenvalue weighted by Gasteiger charge is -2.17. The molecule has 0 aliphatic heterocycles. The van der Waals surface area contributed by atoms with E-state index in [1.54, 1.807) is 6.07 Å². The second kappa shape index (κ2) is 6.97. The first kappa shape index (κ1) is 15.2. The quantitative estimate of drug-likeness (QED) is 0.823. The Hall–Kier alpha value is -2.23. The molecule has 0 heterocycles. The molecular formula is C17H20FNO2. The van der Waals surface area contributed by atoms with Crippen LogP contribution in [0.15, 0.2) is 42.5 Å². The topological polar surface area (TPSA) is 41.5 Å². The highest BCUT2D eigenvalue weighted by molar-refractivity contribution is 5.48. The number of phenols is 1. The summed E-state index contributed by atoms with van der Waals surface area (Å²) in [6, 6.07) is 11.6. The fourth-order valence-corrected chi connectivity index (χ4v) is 2.06. The van der Waals surface area contributed by atoms with Gasteiger partial charge in [-0.2, -0.15) is 0 Å². The summed E-state index contributed by atoms with van der Waals surface area (Å²) in [4.78, 5) is 0. The minimum Gasteiger partial charge on any atom is -0.508 e. The van der Waals surface area contributed by atoms with Crippen LogP contribution in [0.3, 0.4) is 0 Å². The van der Waals surface area contributed by atoms with Gasteiger partial charge < -0.3 is 15.2 Å². The van der Waals surface area contributed by atoms with Crippen LogP contribution in [0.25, 0.3) is 0 Å². The van der Waals surface area contributed by atoms with Crippen molar-refractivity contribution in [3.63, 3.8) is 0 Å². The van der Waals surface area contributed by atoms with E-state index in [1.807, 2.05) is 31.2 Å². The van der Waals surface area contributed by atoms with Crippen LogP contribution in [0.1, 0.15) is 31.9 Å². The van der Waals surface area contributed by atoms with Crippen molar-refractivity contribution in [3.8, 4) is 11.5 Å². The average molecular weight is 289 g/mol. The molecule has 0 radical (unpaired) electrons. The van der Waals surface area contributed by atoms with E-state index >= 15 is 0 Å². The van der Waals surface area contributed by atoms with E-state index < -0.39 is 5.82 Å². The lowest BCUT2D eigenvalue weighted by atomic mass is 10.1. The maximum Gasteiger partial charge on any atom is 0.132 e. The number of halogens is 1. The molecule has 0 amide bonds. The summed E-state index contributed by atoms with van der Waals surface area (Å²) < 4.78 is 19.3. The van der Waals surface area contributed by atoms with Crippen LogP contribution >= 0.6 is 0 Å². The Labute approximate surface area is 124 Å². The molecule has 0 aliphatic rings. The molecule has 4 heteroatoms. The van der Waals surface area contributed by atoms with Gasteiger partial charge in [0.2, 0.25) is 0 Å². The Kier molecular flexibility index (Phi) is 5.04. The molecular weight excluding hydrogens is 269 g/mol. The van der Waals surface area contributed by atoms with E-state index in [4.69, 9.17) is 4.74 Å². The van der Waals surface area contributed by atoms with Crippen molar-refractivity contribution in [2.45, 2.75) is 26.3 Å². The van der Waals surface area contributed by atoms with Gasteiger partial charge in [-0.1, -0.05) is 13.0 Å². The molecule has 0 saturated heterocycles. The summed E-state index contributed by atoms with van der Waals surface area (Å²) in [6.07, 6.45) is 0.969. The third-order valence-corrected chi connectivity index (χ3v) is 3.16. The lowest BCUT2D eigenvalue weighted by Crippen LogP contribution is -2.08. The van der Waals surface area contributed by atoms with Gasteiger partial charge in [-0.25, -0.2) is 4.39 Å². The molecule has 2 rings (SSSR count). The first-order chi connectivity index (χ1) is 10.1. The van der Waals surface area contributed by atoms with E-state index in [0.29, 0.717) is 12.2 Å². The summed E-state index contributed by atoms with van der Waals surface area (Å²) in [5.41, 5.74) is 1.40. The Bertz CT molecular complexity index is 584. The second-order valence-electron chi connectivity index (χ2n) is 4.94. The minimum absolute atomic E-state index is 0.0686. The highest BCUT2D eigenvalue weighted by Crippen LogP contribution is 2.25. The summed E-state index contributed by atoms with van der Waals surface area (Å²) in [6.45, 7) is 4.63. The summed E-state index contributed by atoms with van der Waals surface area (Å²) >= 11 is 0. The van der Waals surface area contributed by atoms with Crippen LogP contribution in [0.4, 0.5) is 10.1 Å². The van der Waals surface area contributed by atoms with E-state index in [2.05, 4.69) is 12.2 Å². The molecule has 0 aliphatic carbocycles. The number of nitrogens with one attached hydrogen (secondary N) is 1. The number of anilines is 1. The lowest BCUT2D eigenvalue weighted by molar-refractivity contribution is 0.317. The Morgan fingerprint density at radius 1 is 1.19 bits per heavy atom. The maximum atomic E-state index is 13.8. The number of ether oxygens (including phenoxy) is 1. The predicted octanol–water partition coefficient (Wildman–Crippen LogP) is 4.49. The van der Waals surface area contributed by atoms with Crippen molar-refractivity contribution in [2.24, 2.45) is 0 Å². The van der Waals surface area contributed by atoms with Crippen molar-refractivity contribution in [2.75, 3.05) is 11.9 Å². The highest BCUT2D eigenvalue weighted by atomic mass is 19.1. The van der Waals surface area contributed by atoms with E-state index in [1.165, 1.54) is 6.07 Å². The van der Waals surface area contributed by atoms with Gasteiger partial charge >= 0.3 is 0 Å². The number of hydrogen-bond donors (Lipinski definition) is 2. The van der Waals surface area contributed by atoms with Crippen molar-refractivity contribution < 1.29 is 14.2 Å². The zero-order valence-corrected chi connectivity index (χ0v) is 12.3. The van der Waals surface area contributed by atoms with Gasteiger partial charge in [0, 0.05) is 17.3 Å². The molecule has 0 saturated carbocycles. The van der Waals surface area contributed by atoms with Gasteiger partial charge in [-0.3, -0.25) is 0 Å². The molecule has 21 heavy (non-hydrogen) atoms. The van der Waals surface area contributed by atoms with Gasteiger partial charge in [0.05, 0.1) is 12.6 Å². The second-order valence-corrected chi connectivity index (χ2v) is 4.94. The molecule has 0 fully saturated rings. The Balaban J connectivity index is 2.03. The number of phenolic OH excluding ortho intramolecular Hbond substituents is 1. The first-order valence-electron chi connectivity index (χ1n) is 7.08. The SMILES string of the molecule is CCCOc1ccc(NC(C)c2ccc(O)cc2F)cc1. The predicted molar refractivity (Wildman–Crippen MR) is 82.3 cm³/mol. The molecule has 2 N–H and O–H groups in total. The van der Waals surface area contributed by atoms with Crippen LogP contribution in [-0.2, 0) is 0 Å². The van der Waals surface area contributed by atoms with Crippen LogP contribution in [0.2, 0.25) is 0 Å². The standard InChI is InChI=1S/C17H20FNO2/c1-3-10-21-15-7-4-13(5-8-15)19-12(2)16-9-6-14(20)11-17(16)18/h4-9,11-12,19-20H,3,10H2,1-2H3. The van der Waals surface area contributed by atoms with E-state index in [9.17, 15) is 9.50 Å². The number of hydrogen-bond acceptors (Lipinski definition) is 3. The summed E-state index contributed by atoms with van der Waals surface area (Å²) in [5.74, 6) is 0.338. The number of aromatic hydroxyl groups is 1. The van der Waals surface area contributed by atoms with E-state index in [-0.39, 0.29) is 11.8 Å². The van der Waals surface area contributed by atoms with Crippen LogP contribution in [-0.4, -0.2) is 11.7 Å². The summed E-state index contributed by atoms with van der Waals surface area (Å²) in [5, 5.41) is 12.5. The van der Waals surface area contributed by atoms with Crippen LogP contribution in [0.5, 0.6) is 11.5 Å². The monoisotopic (exact) mass is 289 g/mol. The third kappa shape index (κ3) is 4.12. The number of rotatable bonds is 6. The molecule has 0 bridgehead atoms. The van der Waals surface area contributed by atoms with Gasteiger partial charge in [0.25, 0.3) is 0 Å². The normalized spacial score (nSPS) is 12.0. The van der Waals surface area contributed by atoms with Crippen LogP contribution < -0.4 is 10.1 Å². The largest absolute Gasteiger partial charge is 0.508 e.